The zero-order valence-electron chi connectivity index (χ0n) is 17.5. The van der Waals surface area contributed by atoms with Gasteiger partial charge in [-0.3, -0.25) is 9.59 Å². The predicted octanol–water partition coefficient (Wildman–Crippen LogP) is 3.97. The minimum atomic E-state index is -5.17. The van der Waals surface area contributed by atoms with E-state index in [1.54, 1.807) is 0 Å². The number of hydrogen-bond donors (Lipinski definition) is 1. The standard InChI is InChI=1S/C21H40NO5P/c1-2-3-4-5-6-7-8-9-10-11-12-13-14-15-16-17-20(23)22-19-18-21(24)28(25,26)27/h9-10H,2-8,11-19H2,1H3,(H,22,23)(H2,25,26,27)/p-2/b10-9-. The molecule has 0 unspecified atom stereocenters. The maximum Gasteiger partial charge on any atom is 0.220 e. The van der Waals surface area contributed by atoms with Crippen molar-refractivity contribution < 1.29 is 23.9 Å². The molecule has 0 saturated carbocycles. The molecule has 0 bridgehead atoms. The average Bonchev–Trinajstić information content (AvgIpc) is 2.64. The van der Waals surface area contributed by atoms with Crippen LogP contribution in [-0.2, 0) is 14.2 Å². The second-order valence-corrected chi connectivity index (χ2v) is 8.82. The Hall–Kier alpha value is -0.970. The third-order valence-electron chi connectivity index (χ3n) is 4.63. The molecule has 1 N–H and O–H groups in total. The van der Waals surface area contributed by atoms with Crippen molar-refractivity contribution in [3.63, 3.8) is 0 Å². The summed E-state index contributed by atoms with van der Waals surface area (Å²) in [6.45, 7) is 2.14. The highest BCUT2D eigenvalue weighted by Crippen LogP contribution is 2.25. The van der Waals surface area contributed by atoms with Crippen LogP contribution in [0.4, 0.5) is 0 Å². The van der Waals surface area contributed by atoms with Gasteiger partial charge in [0.1, 0.15) is 0 Å². The topological polar surface area (TPSA) is 109 Å². The van der Waals surface area contributed by atoms with Gasteiger partial charge in [0.15, 0.2) is 5.52 Å². The average molecular weight is 416 g/mol. The van der Waals surface area contributed by atoms with Crippen LogP contribution < -0.4 is 15.1 Å². The lowest BCUT2D eigenvalue weighted by molar-refractivity contribution is -0.310. The first-order chi connectivity index (χ1) is 13.4. The number of rotatable bonds is 19. The van der Waals surface area contributed by atoms with Gasteiger partial charge in [0.25, 0.3) is 0 Å². The molecule has 0 rings (SSSR count). The van der Waals surface area contributed by atoms with Gasteiger partial charge in [0, 0.05) is 27.0 Å². The zero-order valence-corrected chi connectivity index (χ0v) is 18.4. The summed E-state index contributed by atoms with van der Waals surface area (Å²) in [6.07, 6.45) is 20.0. The molecule has 0 fully saturated rings. The molecule has 7 heteroatoms. The Balaban J connectivity index is 3.36. The Morgan fingerprint density at radius 2 is 1.29 bits per heavy atom. The van der Waals surface area contributed by atoms with Crippen LogP contribution in [-0.4, -0.2) is 18.0 Å². The van der Waals surface area contributed by atoms with E-state index < -0.39 is 19.5 Å². The van der Waals surface area contributed by atoms with E-state index in [-0.39, 0.29) is 12.5 Å². The summed E-state index contributed by atoms with van der Waals surface area (Å²) in [5, 5.41) is 2.47. The van der Waals surface area contributed by atoms with Gasteiger partial charge in [-0.05, 0) is 32.1 Å². The lowest BCUT2D eigenvalue weighted by atomic mass is 10.1. The quantitative estimate of drug-likeness (QED) is 0.195. The third-order valence-corrected chi connectivity index (χ3v) is 5.47. The molecular weight excluding hydrogens is 377 g/mol. The molecule has 0 atom stereocenters. The molecule has 0 aliphatic carbocycles. The fourth-order valence-electron chi connectivity index (χ4n) is 2.89. The summed E-state index contributed by atoms with van der Waals surface area (Å²) in [5.74, 6) is -0.211. The van der Waals surface area contributed by atoms with Crippen LogP contribution in [0, 0.1) is 0 Å². The van der Waals surface area contributed by atoms with Crippen molar-refractivity contribution in [3.05, 3.63) is 12.2 Å². The largest absolute Gasteiger partial charge is 0.805 e. The van der Waals surface area contributed by atoms with Gasteiger partial charge in [0.2, 0.25) is 5.91 Å². The molecule has 0 saturated heterocycles. The molecule has 0 aromatic carbocycles. The summed E-state index contributed by atoms with van der Waals surface area (Å²) in [4.78, 5) is 43.3. The molecule has 0 heterocycles. The second kappa shape index (κ2) is 18.1. The molecule has 0 aliphatic rings. The number of unbranched alkanes of at least 4 members (excludes halogenated alkanes) is 11. The number of nitrogens with one attached hydrogen (secondary N) is 1. The third kappa shape index (κ3) is 18.4. The summed E-state index contributed by atoms with van der Waals surface area (Å²) in [6, 6.07) is 0. The Morgan fingerprint density at radius 1 is 0.786 bits per heavy atom. The summed E-state index contributed by atoms with van der Waals surface area (Å²) in [5.41, 5.74) is -1.35. The van der Waals surface area contributed by atoms with Gasteiger partial charge < -0.3 is 19.7 Å². The molecule has 0 spiro atoms. The molecule has 1 amide bonds. The van der Waals surface area contributed by atoms with Crippen molar-refractivity contribution in [2.75, 3.05) is 6.54 Å². The number of carbonyl (C=O) groups is 2. The van der Waals surface area contributed by atoms with E-state index in [1.807, 2.05) is 0 Å². The van der Waals surface area contributed by atoms with E-state index in [1.165, 1.54) is 51.4 Å². The Morgan fingerprint density at radius 3 is 1.82 bits per heavy atom. The maximum atomic E-state index is 11.6. The van der Waals surface area contributed by atoms with Crippen LogP contribution in [0.25, 0.3) is 0 Å². The van der Waals surface area contributed by atoms with Gasteiger partial charge in [-0.2, -0.15) is 0 Å². The van der Waals surface area contributed by atoms with E-state index in [4.69, 9.17) is 0 Å². The van der Waals surface area contributed by atoms with Crippen molar-refractivity contribution in [1.29, 1.82) is 0 Å². The first-order valence-electron chi connectivity index (χ1n) is 10.8. The fraction of sp³-hybridized carbons (Fsp3) is 0.810. The fourth-order valence-corrected chi connectivity index (χ4v) is 3.28. The number of hydrogen-bond acceptors (Lipinski definition) is 5. The predicted molar refractivity (Wildman–Crippen MR) is 110 cm³/mol. The maximum absolute atomic E-state index is 11.6. The minimum absolute atomic E-state index is 0.1000. The van der Waals surface area contributed by atoms with E-state index in [0.717, 1.165) is 32.1 Å². The monoisotopic (exact) mass is 415 g/mol. The van der Waals surface area contributed by atoms with Crippen LogP contribution in [0.1, 0.15) is 103 Å². The normalized spacial score (nSPS) is 11.8. The van der Waals surface area contributed by atoms with Gasteiger partial charge in [-0.25, -0.2) is 0 Å². The van der Waals surface area contributed by atoms with E-state index in [0.29, 0.717) is 6.42 Å². The lowest BCUT2D eigenvalue weighted by Crippen LogP contribution is -2.28. The molecule has 28 heavy (non-hydrogen) atoms. The summed E-state index contributed by atoms with van der Waals surface area (Å²) < 4.78 is 10.4. The Kier molecular flexibility index (Phi) is 17.5. The SMILES string of the molecule is CCCCCCCC/C=C\CCCCCCCC(=O)NCCC(=O)P(=O)([O-])[O-]. The molecule has 6 nitrogen and oxygen atoms in total. The summed E-state index contributed by atoms with van der Waals surface area (Å²) >= 11 is 0. The minimum Gasteiger partial charge on any atom is -0.805 e. The van der Waals surface area contributed by atoms with Crippen LogP contribution >= 0.6 is 7.60 Å². The second-order valence-electron chi connectivity index (χ2n) is 7.33. The van der Waals surface area contributed by atoms with E-state index >= 15 is 0 Å². The highest BCUT2D eigenvalue weighted by atomic mass is 31.2. The molecular formula is C21H38NO5P-2. The number of allylic oxidation sites excluding steroid dienone is 2. The van der Waals surface area contributed by atoms with E-state index in [2.05, 4.69) is 24.4 Å². The molecule has 164 valence electrons. The Labute approximate surface area is 170 Å². The highest BCUT2D eigenvalue weighted by molar-refractivity contribution is 7.67. The van der Waals surface area contributed by atoms with Crippen molar-refractivity contribution in [2.24, 2.45) is 0 Å². The van der Waals surface area contributed by atoms with Gasteiger partial charge >= 0.3 is 0 Å². The first-order valence-corrected chi connectivity index (χ1v) is 12.4. The smallest absolute Gasteiger partial charge is 0.220 e. The Bertz CT molecular complexity index is 487. The van der Waals surface area contributed by atoms with Crippen LogP contribution in [0.5, 0.6) is 0 Å². The highest BCUT2D eigenvalue weighted by Gasteiger charge is 2.07. The zero-order chi connectivity index (χ0) is 21.1. The van der Waals surface area contributed by atoms with Crippen molar-refractivity contribution in [1.82, 2.24) is 5.32 Å². The van der Waals surface area contributed by atoms with Crippen LogP contribution in [0.3, 0.4) is 0 Å². The molecule has 0 radical (unpaired) electrons. The number of carbonyl (C=O) groups excluding carboxylic acids is 2. The number of amides is 1. The van der Waals surface area contributed by atoms with Gasteiger partial charge in [0.05, 0.1) is 0 Å². The van der Waals surface area contributed by atoms with Crippen molar-refractivity contribution in [3.8, 4) is 0 Å². The van der Waals surface area contributed by atoms with Crippen LogP contribution in [0.2, 0.25) is 0 Å². The summed E-state index contributed by atoms with van der Waals surface area (Å²) in [7, 11) is -5.17. The first kappa shape index (κ1) is 27.0. The van der Waals surface area contributed by atoms with E-state index in [9.17, 15) is 23.9 Å². The van der Waals surface area contributed by atoms with Gasteiger partial charge in [-0.15, -0.1) is 0 Å². The lowest BCUT2D eigenvalue weighted by Gasteiger charge is -2.27. The molecule has 0 aromatic heterocycles. The van der Waals surface area contributed by atoms with Gasteiger partial charge in [-0.1, -0.05) is 70.4 Å². The molecule has 0 aliphatic heterocycles. The van der Waals surface area contributed by atoms with Crippen molar-refractivity contribution >= 4 is 19.0 Å². The van der Waals surface area contributed by atoms with Crippen molar-refractivity contribution in [2.45, 2.75) is 103 Å². The van der Waals surface area contributed by atoms with Crippen LogP contribution in [0.15, 0.2) is 12.2 Å². The molecule has 0 aromatic rings.